The lowest BCUT2D eigenvalue weighted by molar-refractivity contribution is -0.143. The normalized spacial score (nSPS) is 12.9. The van der Waals surface area contributed by atoms with Gasteiger partial charge in [0.1, 0.15) is 23.4 Å². The lowest BCUT2D eigenvalue weighted by atomic mass is 9.98. The Morgan fingerprint density at radius 3 is 2.16 bits per heavy atom. The van der Waals surface area contributed by atoms with Crippen molar-refractivity contribution < 1.29 is 24.2 Å². The molecule has 3 N–H and O–H groups in total. The average molecular weight is 526 g/mol. The zero-order chi connectivity index (χ0) is 28.3. The highest BCUT2D eigenvalue weighted by atomic mass is 16.6. The number of aromatic hydroxyl groups is 1. The third-order valence-corrected chi connectivity index (χ3v) is 5.97. The van der Waals surface area contributed by atoms with E-state index < -0.39 is 23.8 Å². The van der Waals surface area contributed by atoms with Gasteiger partial charge in [-0.1, -0.05) is 76.1 Å². The first-order valence-electron chi connectivity index (χ1n) is 13.3. The Labute approximate surface area is 226 Å². The first kappa shape index (κ1) is 30.7. The van der Waals surface area contributed by atoms with Gasteiger partial charge >= 0.3 is 6.09 Å². The molecule has 2 aromatic rings. The van der Waals surface area contributed by atoms with E-state index in [9.17, 15) is 19.5 Å². The second-order valence-corrected chi connectivity index (χ2v) is 10.8. The number of rotatable bonds is 12. The number of nitrogens with zero attached hydrogens (tertiary/aromatic N) is 1. The minimum atomic E-state index is -0.953. The number of carbonyl (C=O) groups is 3. The number of hydrogen-bond acceptors (Lipinski definition) is 5. The van der Waals surface area contributed by atoms with Crippen LogP contribution in [0.5, 0.6) is 5.75 Å². The summed E-state index contributed by atoms with van der Waals surface area (Å²) in [5.41, 5.74) is 0.778. The molecule has 0 fully saturated rings. The molecule has 0 aliphatic carbocycles. The summed E-state index contributed by atoms with van der Waals surface area (Å²) in [4.78, 5) is 41.9. The number of hydrogen-bond donors (Lipinski definition) is 3. The number of carbonyl (C=O) groups excluding carboxylic acids is 3. The predicted molar refractivity (Wildman–Crippen MR) is 148 cm³/mol. The second-order valence-electron chi connectivity index (χ2n) is 10.8. The van der Waals surface area contributed by atoms with E-state index in [0.29, 0.717) is 25.1 Å². The van der Waals surface area contributed by atoms with Crippen molar-refractivity contribution in [1.82, 2.24) is 15.5 Å². The highest BCUT2D eigenvalue weighted by Crippen LogP contribution is 2.26. The van der Waals surface area contributed by atoms with Crippen molar-refractivity contribution in [3.8, 4) is 5.75 Å². The fourth-order valence-electron chi connectivity index (χ4n) is 4.04. The summed E-state index contributed by atoms with van der Waals surface area (Å²) >= 11 is 0. The standard InChI is InChI=1S/C30H43N3O5/c1-7-8-12-19-33(28(36)25(21(2)3)32-29(37)38-30(4,5)6)26(23-15-17-24(34)18-16-23)27(35)31-20-22-13-10-9-11-14-22/h9-11,13-18,21,25-26,34H,7-8,12,19-20H2,1-6H3,(H,31,35)(H,32,37). The van der Waals surface area contributed by atoms with E-state index in [-0.39, 0.29) is 23.5 Å². The molecule has 2 aromatic carbocycles. The van der Waals surface area contributed by atoms with Crippen molar-refractivity contribution in [2.45, 2.75) is 85.0 Å². The molecule has 0 spiro atoms. The van der Waals surface area contributed by atoms with Gasteiger partial charge in [-0.05, 0) is 56.4 Å². The van der Waals surface area contributed by atoms with Gasteiger partial charge in [-0.15, -0.1) is 0 Å². The quantitative estimate of drug-likeness (QED) is 0.325. The lowest BCUT2D eigenvalue weighted by Gasteiger charge is -2.35. The van der Waals surface area contributed by atoms with E-state index in [1.165, 1.54) is 12.1 Å². The molecule has 8 nitrogen and oxygen atoms in total. The van der Waals surface area contributed by atoms with Crippen LogP contribution in [-0.2, 0) is 20.9 Å². The van der Waals surface area contributed by atoms with Crippen LogP contribution in [0.15, 0.2) is 54.6 Å². The maximum atomic E-state index is 14.1. The summed E-state index contributed by atoms with van der Waals surface area (Å²) in [7, 11) is 0. The Kier molecular flexibility index (Phi) is 11.6. The molecule has 0 saturated heterocycles. The number of nitrogens with one attached hydrogen (secondary N) is 2. The second kappa shape index (κ2) is 14.4. The Balaban J connectivity index is 2.44. The van der Waals surface area contributed by atoms with Gasteiger partial charge in [0.15, 0.2) is 0 Å². The van der Waals surface area contributed by atoms with Crippen LogP contribution in [0, 0.1) is 5.92 Å². The summed E-state index contributed by atoms with van der Waals surface area (Å²) in [5, 5.41) is 15.6. The van der Waals surface area contributed by atoms with E-state index in [1.54, 1.807) is 37.8 Å². The van der Waals surface area contributed by atoms with Gasteiger partial charge in [0.25, 0.3) is 0 Å². The monoisotopic (exact) mass is 525 g/mol. The molecule has 8 heteroatoms. The first-order chi connectivity index (χ1) is 17.9. The van der Waals surface area contributed by atoms with Gasteiger partial charge in [-0.25, -0.2) is 4.79 Å². The van der Waals surface area contributed by atoms with Crippen molar-refractivity contribution in [3.63, 3.8) is 0 Å². The molecule has 2 unspecified atom stereocenters. The zero-order valence-corrected chi connectivity index (χ0v) is 23.5. The van der Waals surface area contributed by atoms with Gasteiger partial charge < -0.3 is 25.4 Å². The smallest absolute Gasteiger partial charge is 0.408 e. The van der Waals surface area contributed by atoms with Gasteiger partial charge in [0, 0.05) is 13.1 Å². The van der Waals surface area contributed by atoms with Crippen LogP contribution < -0.4 is 10.6 Å². The van der Waals surface area contributed by atoms with Crippen molar-refractivity contribution in [1.29, 1.82) is 0 Å². The summed E-state index contributed by atoms with van der Waals surface area (Å²) in [6.07, 6.45) is 1.83. The number of phenolic OH excluding ortho intramolecular Hbond substituents is 1. The van der Waals surface area contributed by atoms with Crippen LogP contribution in [0.3, 0.4) is 0 Å². The molecular weight excluding hydrogens is 482 g/mol. The molecule has 0 aromatic heterocycles. The SMILES string of the molecule is CCCCCN(C(=O)C(NC(=O)OC(C)(C)C)C(C)C)C(C(=O)NCc1ccccc1)c1ccc(O)cc1. The first-order valence-corrected chi connectivity index (χ1v) is 13.3. The largest absolute Gasteiger partial charge is 0.508 e. The zero-order valence-electron chi connectivity index (χ0n) is 23.5. The van der Waals surface area contributed by atoms with Gasteiger partial charge in [0.2, 0.25) is 11.8 Å². The summed E-state index contributed by atoms with van der Waals surface area (Å²) in [6.45, 7) is 11.7. The maximum absolute atomic E-state index is 14.1. The van der Waals surface area contributed by atoms with Gasteiger partial charge in [-0.3, -0.25) is 9.59 Å². The van der Waals surface area contributed by atoms with E-state index in [2.05, 4.69) is 17.6 Å². The van der Waals surface area contributed by atoms with Crippen LogP contribution in [0.25, 0.3) is 0 Å². The minimum Gasteiger partial charge on any atom is -0.508 e. The molecule has 3 amide bonds. The Hall–Kier alpha value is -3.55. The number of ether oxygens (including phenoxy) is 1. The maximum Gasteiger partial charge on any atom is 0.408 e. The molecule has 38 heavy (non-hydrogen) atoms. The number of unbranched alkanes of at least 4 members (excludes halogenated alkanes) is 2. The van der Waals surface area contributed by atoms with Crippen molar-refractivity contribution in [2.24, 2.45) is 5.92 Å². The van der Waals surface area contributed by atoms with Crippen LogP contribution >= 0.6 is 0 Å². The fourth-order valence-corrected chi connectivity index (χ4v) is 4.04. The summed E-state index contributed by atoms with van der Waals surface area (Å²) < 4.78 is 5.41. The number of benzene rings is 2. The molecule has 0 bridgehead atoms. The average Bonchev–Trinajstić information content (AvgIpc) is 2.85. The number of alkyl carbamates (subject to hydrolysis) is 1. The molecule has 0 aliphatic rings. The fraction of sp³-hybridized carbons (Fsp3) is 0.500. The number of phenols is 1. The third kappa shape index (κ3) is 9.72. The topological polar surface area (TPSA) is 108 Å². The van der Waals surface area contributed by atoms with Gasteiger partial charge in [-0.2, -0.15) is 0 Å². The molecular formula is C30H43N3O5. The Morgan fingerprint density at radius 1 is 0.974 bits per heavy atom. The molecule has 2 atom stereocenters. The van der Waals surface area contributed by atoms with Crippen LogP contribution in [0.4, 0.5) is 4.79 Å². The van der Waals surface area contributed by atoms with Crippen molar-refractivity contribution >= 4 is 17.9 Å². The summed E-state index contributed by atoms with van der Waals surface area (Å²) in [6, 6.07) is 14.0. The molecule has 2 rings (SSSR count). The molecule has 0 saturated carbocycles. The van der Waals surface area contributed by atoms with Crippen molar-refractivity contribution in [3.05, 3.63) is 65.7 Å². The Morgan fingerprint density at radius 2 is 1.61 bits per heavy atom. The predicted octanol–water partition coefficient (Wildman–Crippen LogP) is 5.32. The van der Waals surface area contributed by atoms with Gasteiger partial charge in [0.05, 0.1) is 0 Å². The minimum absolute atomic E-state index is 0.0627. The molecule has 0 aliphatic heterocycles. The van der Waals surface area contributed by atoms with E-state index >= 15 is 0 Å². The molecule has 0 heterocycles. The summed E-state index contributed by atoms with van der Waals surface area (Å²) in [5.74, 6) is -0.900. The van der Waals surface area contributed by atoms with E-state index in [1.807, 2.05) is 44.2 Å². The molecule has 208 valence electrons. The van der Waals surface area contributed by atoms with E-state index in [4.69, 9.17) is 4.74 Å². The van der Waals surface area contributed by atoms with E-state index in [0.717, 1.165) is 18.4 Å². The number of amides is 3. The van der Waals surface area contributed by atoms with Crippen LogP contribution in [0.2, 0.25) is 0 Å². The van der Waals surface area contributed by atoms with Crippen molar-refractivity contribution in [2.75, 3.05) is 6.54 Å². The lowest BCUT2D eigenvalue weighted by Crippen LogP contribution is -2.55. The third-order valence-electron chi connectivity index (χ3n) is 5.97. The molecule has 0 radical (unpaired) electrons. The highest BCUT2D eigenvalue weighted by Gasteiger charge is 2.37. The van der Waals surface area contributed by atoms with Crippen LogP contribution in [-0.4, -0.2) is 46.1 Å². The highest BCUT2D eigenvalue weighted by molar-refractivity contribution is 5.92. The van der Waals surface area contributed by atoms with Crippen LogP contribution in [0.1, 0.15) is 78.0 Å². The Bertz CT molecular complexity index is 1030.